The lowest BCUT2D eigenvalue weighted by molar-refractivity contribution is -0.126. The predicted octanol–water partition coefficient (Wildman–Crippen LogP) is 4.56. The van der Waals surface area contributed by atoms with Crippen LogP contribution in [0.1, 0.15) is 98.1 Å². The van der Waals surface area contributed by atoms with Crippen molar-refractivity contribution in [3.8, 4) is 0 Å². The largest absolute Gasteiger partial charge is 0.397 e. The van der Waals surface area contributed by atoms with E-state index in [0.717, 1.165) is 33.4 Å². The summed E-state index contributed by atoms with van der Waals surface area (Å²) in [6.07, 6.45) is 9.97. The summed E-state index contributed by atoms with van der Waals surface area (Å²) >= 11 is 0. The van der Waals surface area contributed by atoms with Crippen molar-refractivity contribution in [2.75, 3.05) is 38.2 Å². The van der Waals surface area contributed by atoms with Crippen LogP contribution in [0.4, 0.5) is 11.4 Å². The Balaban J connectivity index is 1.91. The van der Waals surface area contributed by atoms with E-state index >= 15 is 0 Å². The van der Waals surface area contributed by atoms with Gasteiger partial charge in [0.15, 0.2) is 6.29 Å². The van der Waals surface area contributed by atoms with E-state index in [0.29, 0.717) is 55.7 Å². The number of unbranched alkanes of at least 4 members (excludes halogenated alkanes) is 1. The van der Waals surface area contributed by atoms with Crippen LogP contribution in [0.2, 0.25) is 0 Å². The molecule has 14 nitrogen and oxygen atoms in total. The third-order valence-corrected chi connectivity index (χ3v) is 8.97. The van der Waals surface area contributed by atoms with Crippen LogP contribution < -0.4 is 32.3 Å². The van der Waals surface area contributed by atoms with Gasteiger partial charge in [0.1, 0.15) is 5.82 Å². The monoisotopic (exact) mass is 756 g/mol. The fourth-order valence-corrected chi connectivity index (χ4v) is 5.43. The topological polar surface area (TPSA) is 205 Å². The summed E-state index contributed by atoms with van der Waals surface area (Å²) in [5, 5.41) is 13.9. The molecular formula is C41H56N8O6. The zero-order chi connectivity index (χ0) is 41.1. The fraction of sp³-hybridized carbons (Fsp3) is 0.390. The molecule has 0 spiro atoms. The van der Waals surface area contributed by atoms with Gasteiger partial charge in [-0.05, 0) is 88.8 Å². The molecule has 0 saturated heterocycles. The number of nitrogens with two attached hydrogens (primary N) is 1. The number of nitrogens with zero attached hydrogens (tertiary/aromatic N) is 2. The first-order valence-corrected chi connectivity index (χ1v) is 18.2. The standard InChI is InChI=1S/C41H56N8O6/c1-26(2)31(20-32(27(3)4)33-22-44-23-34(42)29(33)6)21-36(43-7)48-39(54)17-19-46-37(52)14-9-10-18-45-35-13-11-12-30(24-50)40(35)41(55)49(8)28(5)15-16-38(53)47-25-51/h11-13,20-25,28,43,45H,1,9-10,14-19,42H2,2-8H3,(H,46,52)(H,48,54)(H,47,51,53)/b31-20-,36-21+. The summed E-state index contributed by atoms with van der Waals surface area (Å²) < 4.78 is 0. The molecule has 1 heterocycles. The minimum absolute atomic E-state index is 0.0603. The first kappa shape index (κ1) is 45.1. The van der Waals surface area contributed by atoms with E-state index in [1.807, 2.05) is 33.8 Å². The summed E-state index contributed by atoms with van der Waals surface area (Å²) in [6, 6.07) is 4.60. The molecule has 1 aromatic carbocycles. The van der Waals surface area contributed by atoms with E-state index in [2.05, 4.69) is 38.1 Å². The summed E-state index contributed by atoms with van der Waals surface area (Å²) in [7, 11) is 3.29. The number of imide groups is 1. The molecule has 55 heavy (non-hydrogen) atoms. The minimum Gasteiger partial charge on any atom is -0.397 e. The Hall–Kier alpha value is -6.05. The average molecular weight is 757 g/mol. The average Bonchev–Trinajstić information content (AvgIpc) is 3.15. The van der Waals surface area contributed by atoms with Crippen molar-refractivity contribution in [2.45, 2.75) is 79.2 Å². The lowest BCUT2D eigenvalue weighted by Gasteiger charge is -2.26. The highest BCUT2D eigenvalue weighted by Gasteiger charge is 2.23. The van der Waals surface area contributed by atoms with E-state index in [1.165, 1.54) is 4.90 Å². The number of carbonyl (C=O) groups is 6. The van der Waals surface area contributed by atoms with Crippen LogP contribution in [-0.2, 0) is 19.2 Å². The molecule has 296 valence electrons. The molecule has 0 bridgehead atoms. The lowest BCUT2D eigenvalue weighted by atomic mass is 9.94. The van der Waals surface area contributed by atoms with Crippen LogP contribution in [0.25, 0.3) is 5.57 Å². The Morgan fingerprint density at radius 3 is 2.33 bits per heavy atom. The van der Waals surface area contributed by atoms with Gasteiger partial charge in [-0.3, -0.25) is 39.1 Å². The summed E-state index contributed by atoms with van der Waals surface area (Å²) in [5.74, 6) is -0.832. The van der Waals surface area contributed by atoms with Gasteiger partial charge in [-0.15, -0.1) is 0 Å². The molecule has 7 N–H and O–H groups in total. The number of pyridine rings is 1. The number of anilines is 2. The van der Waals surface area contributed by atoms with Crippen molar-refractivity contribution in [3.05, 3.63) is 94.1 Å². The van der Waals surface area contributed by atoms with Crippen molar-refractivity contribution in [2.24, 2.45) is 0 Å². The number of allylic oxidation sites excluding steroid dienone is 6. The lowest BCUT2D eigenvalue weighted by Crippen LogP contribution is -2.37. The van der Waals surface area contributed by atoms with Crippen molar-refractivity contribution in [1.29, 1.82) is 0 Å². The third-order valence-electron chi connectivity index (χ3n) is 8.97. The summed E-state index contributed by atoms with van der Waals surface area (Å²) in [4.78, 5) is 78.5. The maximum Gasteiger partial charge on any atom is 0.256 e. The van der Waals surface area contributed by atoms with Gasteiger partial charge >= 0.3 is 0 Å². The number of hydrogen-bond donors (Lipinski definition) is 6. The SMILES string of the molecule is C=C(C)C(=C\C(=C(C)C)c1cncc(N)c1C)/C=C(\NC)NC(=O)CCNC(=O)CCCCNc1cccc(C=O)c1C(=O)N(C)C(C)CCC(=O)NC=O. The minimum atomic E-state index is -0.441. The van der Waals surface area contributed by atoms with Crippen molar-refractivity contribution < 1.29 is 28.8 Å². The number of benzene rings is 1. The molecule has 1 unspecified atom stereocenters. The smallest absolute Gasteiger partial charge is 0.256 e. The van der Waals surface area contributed by atoms with Crippen LogP contribution in [0, 0.1) is 6.92 Å². The number of nitrogen functional groups attached to an aromatic ring is 1. The van der Waals surface area contributed by atoms with Crippen LogP contribution in [0.3, 0.4) is 0 Å². The van der Waals surface area contributed by atoms with Crippen LogP contribution in [0.15, 0.2) is 71.9 Å². The second kappa shape index (κ2) is 22.9. The van der Waals surface area contributed by atoms with Crippen LogP contribution in [-0.4, -0.2) is 79.4 Å². The number of aromatic nitrogens is 1. The number of hydrogen-bond acceptors (Lipinski definition) is 10. The first-order chi connectivity index (χ1) is 26.1. The Morgan fingerprint density at radius 1 is 0.964 bits per heavy atom. The molecular weight excluding hydrogens is 701 g/mol. The molecule has 0 radical (unpaired) electrons. The maximum atomic E-state index is 13.4. The van der Waals surface area contributed by atoms with Gasteiger partial charge in [0.2, 0.25) is 24.1 Å². The van der Waals surface area contributed by atoms with Crippen molar-refractivity contribution in [3.63, 3.8) is 0 Å². The molecule has 2 aromatic rings. The normalized spacial score (nSPS) is 11.8. The molecule has 5 amide bonds. The van der Waals surface area contributed by atoms with E-state index in [1.54, 1.807) is 57.7 Å². The van der Waals surface area contributed by atoms with Gasteiger partial charge in [0, 0.05) is 75.5 Å². The maximum absolute atomic E-state index is 13.4. The molecule has 0 aliphatic heterocycles. The van der Waals surface area contributed by atoms with Gasteiger partial charge in [0.05, 0.1) is 17.4 Å². The molecule has 0 saturated carbocycles. The Bertz CT molecular complexity index is 1830. The van der Waals surface area contributed by atoms with Gasteiger partial charge in [-0.1, -0.05) is 29.9 Å². The molecule has 0 aliphatic rings. The molecule has 1 atom stereocenters. The zero-order valence-corrected chi connectivity index (χ0v) is 33.1. The Labute approximate surface area is 324 Å². The fourth-order valence-electron chi connectivity index (χ4n) is 5.43. The number of nitrogens with one attached hydrogen (secondary N) is 5. The van der Waals surface area contributed by atoms with Crippen molar-refractivity contribution in [1.82, 2.24) is 31.2 Å². The van der Waals surface area contributed by atoms with E-state index < -0.39 is 5.91 Å². The first-order valence-electron chi connectivity index (χ1n) is 18.2. The number of amides is 5. The van der Waals surface area contributed by atoms with Crippen molar-refractivity contribution >= 4 is 53.3 Å². The predicted molar refractivity (Wildman–Crippen MR) is 217 cm³/mol. The second-order valence-electron chi connectivity index (χ2n) is 13.4. The molecule has 0 aliphatic carbocycles. The Kier molecular flexibility index (Phi) is 18.8. The summed E-state index contributed by atoms with van der Waals surface area (Å²) in [6.45, 7) is 14.3. The number of carbonyl (C=O) groups excluding carboxylic acids is 6. The van der Waals surface area contributed by atoms with Crippen LogP contribution >= 0.6 is 0 Å². The van der Waals surface area contributed by atoms with Gasteiger partial charge < -0.3 is 31.9 Å². The molecule has 0 fully saturated rings. The number of aldehydes is 1. The van der Waals surface area contributed by atoms with E-state index in [-0.39, 0.29) is 60.7 Å². The third kappa shape index (κ3) is 14.4. The van der Waals surface area contributed by atoms with Gasteiger partial charge in [-0.2, -0.15) is 0 Å². The van der Waals surface area contributed by atoms with Gasteiger partial charge in [-0.25, -0.2) is 0 Å². The molecule has 1 aromatic heterocycles. The molecule has 2 rings (SSSR count). The van der Waals surface area contributed by atoms with Crippen LogP contribution in [0.5, 0.6) is 0 Å². The zero-order valence-electron chi connectivity index (χ0n) is 33.1. The number of rotatable bonds is 22. The van der Waals surface area contributed by atoms with E-state index in [9.17, 15) is 28.8 Å². The quantitative estimate of drug-likeness (QED) is 0.0562. The highest BCUT2D eigenvalue weighted by molar-refractivity contribution is 6.06. The highest BCUT2D eigenvalue weighted by Crippen LogP contribution is 2.29. The summed E-state index contributed by atoms with van der Waals surface area (Å²) in [5.41, 5.74) is 13.1. The van der Waals surface area contributed by atoms with E-state index in [4.69, 9.17) is 5.73 Å². The molecule has 14 heteroatoms. The Morgan fingerprint density at radius 2 is 1.69 bits per heavy atom. The highest BCUT2D eigenvalue weighted by atomic mass is 16.2. The second-order valence-corrected chi connectivity index (χ2v) is 13.4. The van der Waals surface area contributed by atoms with Gasteiger partial charge in [0.25, 0.3) is 5.91 Å².